The van der Waals surface area contributed by atoms with E-state index in [1.54, 1.807) is 0 Å². The first kappa shape index (κ1) is 16.0. The molecule has 0 aliphatic carbocycles. The van der Waals surface area contributed by atoms with Gasteiger partial charge in [-0.25, -0.2) is 0 Å². The summed E-state index contributed by atoms with van der Waals surface area (Å²) in [4.78, 5) is 0. The molecule has 1 rings (SSSR count). The summed E-state index contributed by atoms with van der Waals surface area (Å²) in [5.41, 5.74) is 0.401. The second-order valence-electron chi connectivity index (χ2n) is 8.15. The Bertz CT molecular complexity index is 275. The molecule has 1 saturated heterocycles. The normalized spacial score (nSPS) is 28.3. The highest BCUT2D eigenvalue weighted by atomic mass is 16.5. The van der Waals surface area contributed by atoms with Crippen LogP contribution < -0.4 is 5.32 Å². The van der Waals surface area contributed by atoms with Gasteiger partial charge in [0.2, 0.25) is 0 Å². The molecule has 2 heteroatoms. The van der Waals surface area contributed by atoms with Gasteiger partial charge in [-0.2, -0.15) is 0 Å². The fourth-order valence-corrected chi connectivity index (χ4v) is 3.50. The zero-order valence-electron chi connectivity index (χ0n) is 13.7. The van der Waals surface area contributed by atoms with E-state index in [0.29, 0.717) is 17.4 Å². The number of ether oxygens (including phenoxy) is 1. The Kier molecular flexibility index (Phi) is 4.55. The Morgan fingerprint density at radius 1 is 1.22 bits per heavy atom. The fraction of sp³-hybridized carbons (Fsp3) is 1.00. The maximum absolute atomic E-state index is 6.18. The van der Waals surface area contributed by atoms with Crippen LogP contribution in [0.5, 0.6) is 0 Å². The van der Waals surface area contributed by atoms with Crippen LogP contribution in [0.2, 0.25) is 0 Å². The number of hydrogen-bond acceptors (Lipinski definition) is 2. The van der Waals surface area contributed by atoms with Gasteiger partial charge in [-0.3, -0.25) is 0 Å². The molecule has 18 heavy (non-hydrogen) atoms. The average molecular weight is 255 g/mol. The highest BCUT2D eigenvalue weighted by molar-refractivity contribution is 4.95. The summed E-state index contributed by atoms with van der Waals surface area (Å²) in [6.45, 7) is 15.9. The van der Waals surface area contributed by atoms with Gasteiger partial charge >= 0.3 is 0 Å². The SMILES string of the molecule is CNC(CCC1CC(C)(C)OC1(C)C)C(C)(C)C. The lowest BCUT2D eigenvalue weighted by Gasteiger charge is -2.33. The van der Waals surface area contributed by atoms with Gasteiger partial charge in [0.1, 0.15) is 0 Å². The Labute approximate surface area is 114 Å². The molecule has 1 aliphatic heterocycles. The second-order valence-corrected chi connectivity index (χ2v) is 8.15. The van der Waals surface area contributed by atoms with Crippen molar-refractivity contribution in [2.24, 2.45) is 11.3 Å². The van der Waals surface area contributed by atoms with E-state index >= 15 is 0 Å². The highest BCUT2D eigenvalue weighted by Crippen LogP contribution is 2.44. The van der Waals surface area contributed by atoms with Gasteiger partial charge in [0, 0.05) is 6.04 Å². The summed E-state index contributed by atoms with van der Waals surface area (Å²) in [6, 6.07) is 0.581. The predicted molar refractivity (Wildman–Crippen MR) is 78.9 cm³/mol. The Morgan fingerprint density at radius 3 is 2.11 bits per heavy atom. The maximum Gasteiger partial charge on any atom is 0.0662 e. The van der Waals surface area contributed by atoms with Crippen LogP contribution in [0.1, 0.15) is 67.7 Å². The molecule has 0 amide bonds. The quantitative estimate of drug-likeness (QED) is 0.820. The zero-order chi connectivity index (χ0) is 14.2. The molecule has 0 spiro atoms. The Morgan fingerprint density at radius 2 is 1.78 bits per heavy atom. The van der Waals surface area contributed by atoms with E-state index in [-0.39, 0.29) is 11.2 Å². The van der Waals surface area contributed by atoms with Crippen molar-refractivity contribution in [2.75, 3.05) is 7.05 Å². The average Bonchev–Trinajstić information content (AvgIpc) is 2.32. The fourth-order valence-electron chi connectivity index (χ4n) is 3.50. The molecule has 1 fully saturated rings. The molecule has 1 aliphatic rings. The highest BCUT2D eigenvalue weighted by Gasteiger charge is 2.45. The standard InChI is InChI=1S/C16H33NO/c1-14(2,3)13(17-8)10-9-12-11-15(4,5)18-16(12,6)7/h12-13,17H,9-11H2,1-8H3. The number of hydrogen-bond donors (Lipinski definition) is 1. The van der Waals surface area contributed by atoms with Gasteiger partial charge < -0.3 is 10.1 Å². The minimum Gasteiger partial charge on any atom is -0.369 e. The van der Waals surface area contributed by atoms with Crippen LogP contribution in [-0.4, -0.2) is 24.3 Å². The first-order chi connectivity index (χ1) is 7.98. The molecule has 2 nitrogen and oxygen atoms in total. The van der Waals surface area contributed by atoms with Crippen LogP contribution in [0.4, 0.5) is 0 Å². The van der Waals surface area contributed by atoms with Crippen molar-refractivity contribution in [1.82, 2.24) is 5.32 Å². The van der Waals surface area contributed by atoms with E-state index < -0.39 is 0 Å². The van der Waals surface area contributed by atoms with Crippen LogP contribution >= 0.6 is 0 Å². The van der Waals surface area contributed by atoms with Gasteiger partial charge in [-0.1, -0.05) is 20.8 Å². The van der Waals surface area contributed by atoms with Gasteiger partial charge in [-0.15, -0.1) is 0 Å². The van der Waals surface area contributed by atoms with Crippen molar-refractivity contribution in [3.8, 4) is 0 Å². The molecule has 0 saturated carbocycles. The lowest BCUT2D eigenvalue weighted by Crippen LogP contribution is -2.39. The third-order valence-electron chi connectivity index (χ3n) is 4.46. The molecule has 0 radical (unpaired) electrons. The molecule has 2 unspecified atom stereocenters. The van der Waals surface area contributed by atoms with Gasteiger partial charge in [0.15, 0.2) is 0 Å². The van der Waals surface area contributed by atoms with E-state index in [0.717, 1.165) is 0 Å². The van der Waals surface area contributed by atoms with Crippen molar-refractivity contribution < 1.29 is 4.74 Å². The molecule has 0 bridgehead atoms. The van der Waals surface area contributed by atoms with Crippen molar-refractivity contribution in [2.45, 2.75) is 85.0 Å². The molecule has 0 aromatic heterocycles. The van der Waals surface area contributed by atoms with Crippen LogP contribution in [-0.2, 0) is 4.74 Å². The topological polar surface area (TPSA) is 21.3 Å². The molecule has 2 atom stereocenters. The first-order valence-electron chi connectivity index (χ1n) is 7.35. The summed E-state index contributed by atoms with van der Waals surface area (Å²) in [6.07, 6.45) is 3.66. The summed E-state index contributed by atoms with van der Waals surface area (Å²) in [5, 5.41) is 3.47. The maximum atomic E-state index is 6.18. The van der Waals surface area contributed by atoms with Crippen molar-refractivity contribution in [3.05, 3.63) is 0 Å². The number of rotatable bonds is 4. The lowest BCUT2D eigenvalue weighted by molar-refractivity contribution is -0.0756. The van der Waals surface area contributed by atoms with Gasteiger partial charge in [0.05, 0.1) is 11.2 Å². The van der Waals surface area contributed by atoms with Crippen LogP contribution in [0.25, 0.3) is 0 Å². The zero-order valence-corrected chi connectivity index (χ0v) is 13.7. The van der Waals surface area contributed by atoms with E-state index in [1.807, 2.05) is 0 Å². The van der Waals surface area contributed by atoms with Crippen LogP contribution in [0.15, 0.2) is 0 Å². The van der Waals surface area contributed by atoms with Crippen molar-refractivity contribution >= 4 is 0 Å². The third kappa shape index (κ3) is 3.96. The molecular weight excluding hydrogens is 222 g/mol. The molecule has 108 valence electrons. The third-order valence-corrected chi connectivity index (χ3v) is 4.46. The second kappa shape index (κ2) is 5.13. The predicted octanol–water partition coefficient (Wildman–Crippen LogP) is 3.99. The van der Waals surface area contributed by atoms with Crippen molar-refractivity contribution in [1.29, 1.82) is 0 Å². The summed E-state index contributed by atoms with van der Waals surface area (Å²) in [5.74, 6) is 0.672. The molecule has 0 aromatic carbocycles. The minimum atomic E-state index is 0.0275. The first-order valence-corrected chi connectivity index (χ1v) is 7.35. The van der Waals surface area contributed by atoms with Crippen LogP contribution in [0, 0.1) is 11.3 Å². The van der Waals surface area contributed by atoms with Gasteiger partial charge in [-0.05, 0) is 65.3 Å². The Hall–Kier alpha value is -0.0800. The van der Waals surface area contributed by atoms with Crippen molar-refractivity contribution in [3.63, 3.8) is 0 Å². The largest absolute Gasteiger partial charge is 0.369 e. The molecule has 1 N–H and O–H groups in total. The summed E-state index contributed by atoms with van der Waals surface area (Å²) in [7, 11) is 2.08. The van der Waals surface area contributed by atoms with E-state index in [4.69, 9.17) is 4.74 Å². The lowest BCUT2D eigenvalue weighted by atomic mass is 9.78. The summed E-state index contributed by atoms with van der Waals surface area (Å²) >= 11 is 0. The molecular formula is C16H33NO. The van der Waals surface area contributed by atoms with E-state index in [2.05, 4.69) is 60.8 Å². The molecule has 1 heterocycles. The monoisotopic (exact) mass is 255 g/mol. The minimum absolute atomic E-state index is 0.0275. The van der Waals surface area contributed by atoms with E-state index in [1.165, 1.54) is 19.3 Å². The summed E-state index contributed by atoms with van der Waals surface area (Å²) < 4.78 is 6.18. The Balaban J connectivity index is 2.58. The van der Waals surface area contributed by atoms with Crippen LogP contribution in [0.3, 0.4) is 0 Å². The van der Waals surface area contributed by atoms with Gasteiger partial charge in [0.25, 0.3) is 0 Å². The smallest absolute Gasteiger partial charge is 0.0662 e. The van der Waals surface area contributed by atoms with E-state index in [9.17, 15) is 0 Å². The number of nitrogens with one attached hydrogen (secondary N) is 1. The molecule has 0 aromatic rings.